The number of carbonyl (C=O) groups is 3. The summed E-state index contributed by atoms with van der Waals surface area (Å²) in [6.07, 6.45) is 44.1. The lowest BCUT2D eigenvalue weighted by atomic mass is 10.0. The van der Waals surface area contributed by atoms with Crippen molar-refractivity contribution in [2.24, 2.45) is 0 Å². The molecule has 0 fully saturated rings. The fraction of sp³-hybridized carbons (Fsp3) is 0.902. The van der Waals surface area contributed by atoms with Gasteiger partial charge in [-0.25, -0.2) is 0 Å². The van der Waals surface area contributed by atoms with E-state index in [1.165, 1.54) is 148 Å². The van der Waals surface area contributed by atoms with E-state index in [9.17, 15) is 19.5 Å². The summed E-state index contributed by atoms with van der Waals surface area (Å²) < 4.78 is 22.6. The maximum absolute atomic E-state index is 12.7. The summed E-state index contributed by atoms with van der Waals surface area (Å²) in [5, 5.41) is 11.7. The van der Waals surface area contributed by atoms with Crippen LogP contribution in [0, 0.1) is 0 Å². The maximum Gasteiger partial charge on any atom is 0.306 e. The van der Waals surface area contributed by atoms with Crippen LogP contribution in [-0.4, -0.2) is 82.3 Å². The number of hydrogen-bond acceptors (Lipinski definition) is 8. The minimum absolute atomic E-state index is 0.149. The summed E-state index contributed by atoms with van der Waals surface area (Å²) >= 11 is 0. The number of carboxylic acid groups (broad SMARTS) is 1. The molecule has 0 heterocycles. The quantitative estimate of drug-likeness (QED) is 0.0196. The molecular formula is C51H97NO8. The topological polar surface area (TPSA) is 111 Å². The number of likely N-dealkylation sites (N-methyl/N-ethyl adjacent to an activating group) is 1. The minimum atomic E-state index is -1.62. The molecule has 0 bridgehead atoms. The first kappa shape index (κ1) is 58.0. The Bertz CT molecular complexity index is 996. The summed E-state index contributed by atoms with van der Waals surface area (Å²) in [6.45, 7) is 4.72. The molecule has 0 aromatic carbocycles. The third-order valence-corrected chi connectivity index (χ3v) is 11.3. The second kappa shape index (κ2) is 43.7. The Balaban J connectivity index is 4.17. The van der Waals surface area contributed by atoms with E-state index in [1.54, 1.807) is 0 Å². The molecular weight excluding hydrogens is 755 g/mol. The van der Waals surface area contributed by atoms with Crippen molar-refractivity contribution in [3.8, 4) is 0 Å². The van der Waals surface area contributed by atoms with Crippen molar-refractivity contribution in [3.05, 3.63) is 12.2 Å². The SMILES string of the molecule is CCCC/C=C\CCCCCCCC(=O)OC(COC(=O)CCCCCCCCCCCCCCCCCCCCCCCCCC)COC(OCC[N+](C)(C)C)C(=O)[O-]. The fourth-order valence-electron chi connectivity index (χ4n) is 7.28. The molecule has 0 aliphatic heterocycles. The fourth-order valence-corrected chi connectivity index (χ4v) is 7.28. The van der Waals surface area contributed by atoms with E-state index < -0.39 is 24.3 Å². The first-order chi connectivity index (χ1) is 29.1. The molecule has 0 amide bonds. The van der Waals surface area contributed by atoms with E-state index in [1.807, 2.05) is 21.1 Å². The first-order valence-electron chi connectivity index (χ1n) is 25.3. The summed E-state index contributed by atoms with van der Waals surface area (Å²) in [4.78, 5) is 37.0. The Hall–Kier alpha value is -1.97. The second-order valence-electron chi connectivity index (χ2n) is 18.5. The number of nitrogens with zero attached hydrogens (tertiary/aromatic N) is 1. The van der Waals surface area contributed by atoms with Gasteiger partial charge in [-0.2, -0.15) is 0 Å². The zero-order valence-corrected chi connectivity index (χ0v) is 40.1. The van der Waals surface area contributed by atoms with E-state index in [0.29, 0.717) is 23.9 Å². The lowest BCUT2D eigenvalue weighted by Gasteiger charge is -2.26. The van der Waals surface area contributed by atoms with Gasteiger partial charge in [0.1, 0.15) is 13.2 Å². The summed E-state index contributed by atoms with van der Waals surface area (Å²) in [5.74, 6) is -2.28. The lowest BCUT2D eigenvalue weighted by Crippen LogP contribution is -2.44. The highest BCUT2D eigenvalue weighted by molar-refractivity contribution is 5.70. The van der Waals surface area contributed by atoms with Gasteiger partial charge >= 0.3 is 11.9 Å². The number of carboxylic acids is 1. The number of aliphatic carboxylic acids is 1. The highest BCUT2D eigenvalue weighted by Gasteiger charge is 2.22. The highest BCUT2D eigenvalue weighted by Crippen LogP contribution is 2.17. The molecule has 0 rings (SSSR count). The molecule has 0 aliphatic rings. The second-order valence-corrected chi connectivity index (χ2v) is 18.5. The lowest BCUT2D eigenvalue weighted by molar-refractivity contribution is -0.870. The molecule has 0 spiro atoms. The third kappa shape index (κ3) is 44.1. The van der Waals surface area contributed by atoms with E-state index in [4.69, 9.17) is 18.9 Å². The van der Waals surface area contributed by atoms with E-state index in [0.717, 1.165) is 57.8 Å². The predicted molar refractivity (Wildman–Crippen MR) is 247 cm³/mol. The van der Waals surface area contributed by atoms with Crippen LogP contribution in [0.1, 0.15) is 239 Å². The van der Waals surface area contributed by atoms with Gasteiger partial charge in [-0.05, 0) is 32.1 Å². The van der Waals surface area contributed by atoms with Gasteiger partial charge in [0, 0.05) is 12.8 Å². The number of hydrogen-bond donors (Lipinski definition) is 0. The van der Waals surface area contributed by atoms with Crippen LogP contribution in [-0.2, 0) is 33.3 Å². The molecule has 0 saturated carbocycles. The summed E-state index contributed by atoms with van der Waals surface area (Å²) in [5.41, 5.74) is 0. The Labute approximate surface area is 370 Å². The van der Waals surface area contributed by atoms with E-state index >= 15 is 0 Å². The van der Waals surface area contributed by atoms with Gasteiger partial charge in [-0.3, -0.25) is 9.59 Å². The number of ether oxygens (including phenoxy) is 4. The van der Waals surface area contributed by atoms with Crippen LogP contribution in [0.3, 0.4) is 0 Å². The molecule has 0 aliphatic carbocycles. The standard InChI is InChI=1S/C51H97NO8/c1-6-8-10-12-14-16-18-19-20-21-22-23-24-25-26-27-28-29-30-32-33-35-37-39-41-48(53)58-45-47(46-59-51(50(55)56)57-44-43-52(3,4)5)60-49(54)42-40-38-36-34-31-17-15-13-11-9-7-2/h13,15,47,51H,6-12,14,16-46H2,1-5H3/b15-13-. The highest BCUT2D eigenvalue weighted by atomic mass is 16.7. The zero-order chi connectivity index (χ0) is 44.2. The van der Waals surface area contributed by atoms with Crippen LogP contribution in [0.15, 0.2) is 12.2 Å². The van der Waals surface area contributed by atoms with Gasteiger partial charge in [0.2, 0.25) is 0 Å². The van der Waals surface area contributed by atoms with Gasteiger partial charge in [0.25, 0.3) is 0 Å². The van der Waals surface area contributed by atoms with Crippen molar-refractivity contribution in [1.29, 1.82) is 0 Å². The van der Waals surface area contributed by atoms with Crippen LogP contribution < -0.4 is 5.11 Å². The van der Waals surface area contributed by atoms with Gasteiger partial charge in [0.15, 0.2) is 12.4 Å². The Morgan fingerprint density at radius 1 is 0.483 bits per heavy atom. The minimum Gasteiger partial charge on any atom is -0.545 e. The first-order valence-corrected chi connectivity index (χ1v) is 25.3. The Morgan fingerprint density at radius 2 is 0.867 bits per heavy atom. The predicted octanol–water partition coefficient (Wildman–Crippen LogP) is 12.5. The van der Waals surface area contributed by atoms with Crippen LogP contribution in [0.2, 0.25) is 0 Å². The normalized spacial score (nSPS) is 12.9. The largest absolute Gasteiger partial charge is 0.545 e. The maximum atomic E-state index is 12.7. The van der Waals surface area contributed by atoms with Crippen LogP contribution in [0.4, 0.5) is 0 Å². The number of esters is 2. The molecule has 0 saturated heterocycles. The molecule has 9 nitrogen and oxygen atoms in total. The van der Waals surface area contributed by atoms with Gasteiger partial charge in [-0.1, -0.05) is 206 Å². The average Bonchev–Trinajstić information content (AvgIpc) is 3.21. The Morgan fingerprint density at radius 3 is 1.28 bits per heavy atom. The van der Waals surface area contributed by atoms with Crippen molar-refractivity contribution < 1.29 is 42.9 Å². The molecule has 2 unspecified atom stereocenters. The van der Waals surface area contributed by atoms with E-state index in [2.05, 4.69) is 26.0 Å². The zero-order valence-electron chi connectivity index (χ0n) is 40.1. The van der Waals surface area contributed by atoms with Gasteiger partial charge < -0.3 is 33.3 Å². The smallest absolute Gasteiger partial charge is 0.306 e. The molecule has 354 valence electrons. The average molecular weight is 852 g/mol. The third-order valence-electron chi connectivity index (χ3n) is 11.3. The monoisotopic (exact) mass is 852 g/mol. The number of quaternary nitrogens is 1. The van der Waals surface area contributed by atoms with Crippen molar-refractivity contribution in [2.45, 2.75) is 251 Å². The molecule has 9 heteroatoms. The number of unbranched alkanes of at least 4 members (excludes halogenated alkanes) is 30. The van der Waals surface area contributed by atoms with Crippen molar-refractivity contribution in [1.82, 2.24) is 0 Å². The number of rotatable bonds is 47. The van der Waals surface area contributed by atoms with Crippen LogP contribution in [0.25, 0.3) is 0 Å². The van der Waals surface area contributed by atoms with Gasteiger partial charge in [-0.15, -0.1) is 0 Å². The van der Waals surface area contributed by atoms with Crippen molar-refractivity contribution in [2.75, 3.05) is 47.5 Å². The molecule has 2 atom stereocenters. The number of allylic oxidation sites excluding steroid dienone is 2. The van der Waals surface area contributed by atoms with E-state index in [-0.39, 0.29) is 32.2 Å². The number of carbonyl (C=O) groups excluding carboxylic acids is 3. The summed E-state index contributed by atoms with van der Waals surface area (Å²) in [6, 6.07) is 0. The van der Waals surface area contributed by atoms with Crippen molar-refractivity contribution in [3.63, 3.8) is 0 Å². The van der Waals surface area contributed by atoms with Crippen molar-refractivity contribution >= 4 is 17.9 Å². The Kier molecular flexibility index (Phi) is 42.2. The molecule has 0 N–H and O–H groups in total. The van der Waals surface area contributed by atoms with Gasteiger partial charge in [0.05, 0.1) is 40.3 Å². The van der Waals surface area contributed by atoms with Crippen LogP contribution in [0.5, 0.6) is 0 Å². The molecule has 0 aromatic heterocycles. The molecule has 0 radical (unpaired) electrons. The molecule has 60 heavy (non-hydrogen) atoms. The van der Waals surface area contributed by atoms with Crippen LogP contribution >= 0.6 is 0 Å². The molecule has 0 aromatic rings. The summed E-state index contributed by atoms with van der Waals surface area (Å²) in [7, 11) is 5.91.